The first-order valence-corrected chi connectivity index (χ1v) is 8.75. The Hall–Kier alpha value is -2.05. The molecule has 1 aliphatic heterocycles. The minimum atomic E-state index is -4.36. The van der Waals surface area contributed by atoms with Gasteiger partial charge in [0.2, 0.25) is 0 Å². The average Bonchev–Trinajstić information content (AvgIpc) is 2.91. The largest absolute Gasteiger partial charge is 0.496 e. The van der Waals surface area contributed by atoms with Gasteiger partial charge in [0.1, 0.15) is 5.75 Å². The molecule has 1 atom stereocenters. The van der Waals surface area contributed by atoms with E-state index in [9.17, 15) is 13.2 Å². The maximum absolute atomic E-state index is 13.2. The van der Waals surface area contributed by atoms with Crippen LogP contribution in [0.15, 0.2) is 48.5 Å². The number of alkyl halides is 3. The molecule has 0 aliphatic carbocycles. The number of para-hydroxylation sites is 1. The molecular weight excluding hydrogens is 341 g/mol. The van der Waals surface area contributed by atoms with Crippen LogP contribution in [0.5, 0.6) is 5.75 Å². The minimum Gasteiger partial charge on any atom is -0.496 e. The van der Waals surface area contributed by atoms with Gasteiger partial charge in [0.25, 0.3) is 0 Å². The summed E-state index contributed by atoms with van der Waals surface area (Å²) in [6, 6.07) is 12.9. The quantitative estimate of drug-likeness (QED) is 0.884. The number of hydrogen-bond acceptors (Lipinski definition) is 3. The van der Waals surface area contributed by atoms with E-state index in [1.807, 2.05) is 24.3 Å². The monoisotopic (exact) mass is 364 g/mol. The summed E-state index contributed by atoms with van der Waals surface area (Å²) in [5.74, 6) is 0.687. The van der Waals surface area contributed by atoms with Crippen LogP contribution in [0.3, 0.4) is 0 Å². The Morgan fingerprint density at radius 2 is 1.85 bits per heavy atom. The number of halogens is 3. The highest BCUT2D eigenvalue weighted by molar-refractivity contribution is 5.43. The summed E-state index contributed by atoms with van der Waals surface area (Å²) in [6.07, 6.45) is -3.41. The molecule has 0 radical (unpaired) electrons. The van der Waals surface area contributed by atoms with E-state index in [0.717, 1.165) is 44.2 Å². The molecule has 1 N–H and O–H groups in total. The molecule has 0 aromatic heterocycles. The Kier molecular flexibility index (Phi) is 5.84. The second-order valence-corrected chi connectivity index (χ2v) is 6.41. The lowest BCUT2D eigenvalue weighted by molar-refractivity contribution is -0.137. The average molecular weight is 364 g/mol. The molecule has 3 nitrogen and oxygen atoms in total. The zero-order chi connectivity index (χ0) is 18.6. The normalized spacial score (nSPS) is 17.5. The second kappa shape index (κ2) is 8.10. The number of ether oxygens (including phenoxy) is 1. The van der Waals surface area contributed by atoms with Crippen molar-refractivity contribution in [3.8, 4) is 5.75 Å². The Morgan fingerprint density at radius 1 is 1.04 bits per heavy atom. The third-order valence-corrected chi connectivity index (χ3v) is 4.70. The van der Waals surface area contributed by atoms with E-state index < -0.39 is 11.7 Å². The van der Waals surface area contributed by atoms with Crippen LogP contribution in [0.2, 0.25) is 0 Å². The van der Waals surface area contributed by atoms with Gasteiger partial charge in [-0.05, 0) is 36.7 Å². The molecule has 1 saturated heterocycles. The zero-order valence-electron chi connectivity index (χ0n) is 14.7. The van der Waals surface area contributed by atoms with Crippen molar-refractivity contribution < 1.29 is 17.9 Å². The van der Waals surface area contributed by atoms with E-state index in [2.05, 4.69) is 10.2 Å². The van der Waals surface area contributed by atoms with Crippen molar-refractivity contribution in [3.63, 3.8) is 0 Å². The molecule has 1 unspecified atom stereocenters. The van der Waals surface area contributed by atoms with Crippen LogP contribution in [-0.4, -0.2) is 38.2 Å². The van der Waals surface area contributed by atoms with Gasteiger partial charge in [-0.25, -0.2) is 0 Å². The summed E-state index contributed by atoms with van der Waals surface area (Å²) in [5.41, 5.74) is 0.894. The molecule has 6 heteroatoms. The molecule has 0 spiro atoms. The summed E-state index contributed by atoms with van der Waals surface area (Å²) in [4.78, 5) is 2.23. The predicted molar refractivity (Wildman–Crippen MR) is 95.3 cm³/mol. The van der Waals surface area contributed by atoms with Crippen LogP contribution >= 0.6 is 0 Å². The van der Waals surface area contributed by atoms with Crippen molar-refractivity contribution in [2.24, 2.45) is 0 Å². The van der Waals surface area contributed by atoms with Crippen LogP contribution in [0.1, 0.15) is 29.2 Å². The lowest BCUT2D eigenvalue weighted by atomic mass is 9.94. The van der Waals surface area contributed by atoms with Crippen molar-refractivity contribution >= 4 is 0 Å². The zero-order valence-corrected chi connectivity index (χ0v) is 14.7. The van der Waals surface area contributed by atoms with Gasteiger partial charge in [0.05, 0.1) is 18.7 Å². The van der Waals surface area contributed by atoms with Crippen molar-refractivity contribution in [2.45, 2.75) is 18.6 Å². The van der Waals surface area contributed by atoms with E-state index in [1.54, 1.807) is 13.2 Å². The van der Waals surface area contributed by atoms with Gasteiger partial charge >= 0.3 is 6.18 Å². The molecular formula is C20H23F3N2O. The molecule has 1 fully saturated rings. The lowest BCUT2D eigenvalue weighted by Gasteiger charge is -2.32. The maximum atomic E-state index is 13.2. The molecule has 0 amide bonds. The molecule has 1 heterocycles. The molecule has 26 heavy (non-hydrogen) atoms. The van der Waals surface area contributed by atoms with E-state index in [1.165, 1.54) is 12.1 Å². The summed E-state index contributed by atoms with van der Waals surface area (Å²) >= 11 is 0. The van der Waals surface area contributed by atoms with Gasteiger partial charge in [-0.1, -0.05) is 30.3 Å². The molecule has 0 saturated carbocycles. The number of methoxy groups -OCH3 is 1. The van der Waals surface area contributed by atoms with Crippen LogP contribution in [0, 0.1) is 0 Å². The predicted octanol–water partition coefficient (Wildman–Crippen LogP) is 4.10. The van der Waals surface area contributed by atoms with Gasteiger partial charge in [-0.3, -0.25) is 4.90 Å². The molecule has 0 bridgehead atoms. The first-order chi connectivity index (χ1) is 12.5. The van der Waals surface area contributed by atoms with Crippen LogP contribution < -0.4 is 10.1 Å². The number of hydrogen-bond donors (Lipinski definition) is 1. The number of rotatable bonds is 4. The standard InChI is InChI=1S/C20H23F3N2O/c1-26-18-9-3-2-8-17(18)19(25-12-5-10-24-11-13-25)15-6-4-7-16(14-15)20(21,22)23/h2-4,6-9,14,19,24H,5,10-13H2,1H3. The van der Waals surface area contributed by atoms with E-state index in [-0.39, 0.29) is 6.04 Å². The summed E-state index contributed by atoms with van der Waals surface area (Å²) in [7, 11) is 1.59. The van der Waals surface area contributed by atoms with Gasteiger partial charge < -0.3 is 10.1 Å². The smallest absolute Gasteiger partial charge is 0.416 e. The van der Waals surface area contributed by atoms with Gasteiger partial charge in [-0.2, -0.15) is 13.2 Å². The van der Waals surface area contributed by atoms with Crippen LogP contribution in [-0.2, 0) is 6.18 Å². The molecule has 1 aliphatic rings. The Labute approximate surface area is 151 Å². The highest BCUT2D eigenvalue weighted by Crippen LogP contribution is 2.37. The van der Waals surface area contributed by atoms with E-state index in [0.29, 0.717) is 11.3 Å². The molecule has 140 valence electrons. The molecule has 2 aromatic rings. The summed E-state index contributed by atoms with van der Waals surface area (Å²) < 4.78 is 45.2. The third kappa shape index (κ3) is 4.19. The number of nitrogens with zero attached hydrogens (tertiary/aromatic N) is 1. The highest BCUT2D eigenvalue weighted by atomic mass is 19.4. The Bertz CT molecular complexity index is 725. The van der Waals surface area contributed by atoms with Crippen LogP contribution in [0.4, 0.5) is 13.2 Å². The SMILES string of the molecule is COc1ccccc1C(c1cccc(C(F)(F)F)c1)N1CCCNCC1. The van der Waals surface area contributed by atoms with Crippen molar-refractivity contribution in [1.82, 2.24) is 10.2 Å². The van der Waals surface area contributed by atoms with Gasteiger partial charge in [-0.15, -0.1) is 0 Å². The molecule has 3 rings (SSSR count). The highest BCUT2D eigenvalue weighted by Gasteiger charge is 2.32. The number of benzene rings is 2. The van der Waals surface area contributed by atoms with Gasteiger partial charge in [0.15, 0.2) is 0 Å². The fourth-order valence-corrected chi connectivity index (χ4v) is 3.49. The van der Waals surface area contributed by atoms with Crippen molar-refractivity contribution in [3.05, 3.63) is 65.2 Å². The lowest BCUT2D eigenvalue weighted by Crippen LogP contribution is -2.33. The summed E-state index contributed by atoms with van der Waals surface area (Å²) in [5, 5.41) is 3.35. The fourth-order valence-electron chi connectivity index (χ4n) is 3.49. The fraction of sp³-hybridized carbons (Fsp3) is 0.400. The summed E-state index contributed by atoms with van der Waals surface area (Å²) in [6.45, 7) is 3.30. The van der Waals surface area contributed by atoms with E-state index in [4.69, 9.17) is 4.74 Å². The molecule has 2 aromatic carbocycles. The van der Waals surface area contributed by atoms with Crippen molar-refractivity contribution in [1.29, 1.82) is 0 Å². The third-order valence-electron chi connectivity index (χ3n) is 4.70. The van der Waals surface area contributed by atoms with Gasteiger partial charge in [0, 0.05) is 25.2 Å². The first kappa shape index (κ1) is 18.7. The maximum Gasteiger partial charge on any atom is 0.416 e. The number of nitrogens with one attached hydrogen (secondary N) is 1. The first-order valence-electron chi connectivity index (χ1n) is 8.75. The second-order valence-electron chi connectivity index (χ2n) is 6.41. The van der Waals surface area contributed by atoms with Crippen LogP contribution in [0.25, 0.3) is 0 Å². The minimum absolute atomic E-state index is 0.284. The van der Waals surface area contributed by atoms with Crippen molar-refractivity contribution in [2.75, 3.05) is 33.3 Å². The Morgan fingerprint density at radius 3 is 2.62 bits per heavy atom. The topological polar surface area (TPSA) is 24.5 Å². The Balaban J connectivity index is 2.08. The van der Waals surface area contributed by atoms with E-state index >= 15 is 0 Å².